The van der Waals surface area contributed by atoms with Gasteiger partial charge in [0.25, 0.3) is 0 Å². The Bertz CT molecular complexity index is 917. The van der Waals surface area contributed by atoms with Crippen LogP contribution in [0.1, 0.15) is 29.3 Å². The van der Waals surface area contributed by atoms with Gasteiger partial charge in [-0.25, -0.2) is 9.97 Å². The number of aromatic nitrogens is 2. The lowest BCUT2D eigenvalue weighted by molar-refractivity contribution is -0.114. The summed E-state index contributed by atoms with van der Waals surface area (Å²) in [5.74, 6) is 0.907. The summed E-state index contributed by atoms with van der Waals surface area (Å²) >= 11 is 1.81. The highest BCUT2D eigenvalue weighted by atomic mass is 32.1. The third-order valence-electron chi connectivity index (χ3n) is 4.48. The zero-order valence-corrected chi connectivity index (χ0v) is 14.9. The lowest BCUT2D eigenvalue weighted by Crippen LogP contribution is -2.08. The summed E-state index contributed by atoms with van der Waals surface area (Å²) in [6, 6.07) is 7.96. The maximum absolute atomic E-state index is 11.1. The number of amides is 1. The first-order valence-corrected chi connectivity index (χ1v) is 9.38. The van der Waals surface area contributed by atoms with Crippen LogP contribution >= 0.6 is 11.3 Å². The number of nitrogens with one attached hydrogen (secondary N) is 2. The van der Waals surface area contributed by atoms with Gasteiger partial charge in [-0.05, 0) is 48.9 Å². The molecular weight excluding hydrogens is 332 g/mol. The first kappa shape index (κ1) is 16.0. The maximum Gasteiger partial charge on any atom is 0.221 e. The average molecular weight is 352 g/mol. The Morgan fingerprint density at radius 1 is 1.20 bits per heavy atom. The van der Waals surface area contributed by atoms with E-state index >= 15 is 0 Å². The van der Waals surface area contributed by atoms with Gasteiger partial charge in [0.15, 0.2) is 0 Å². The second kappa shape index (κ2) is 6.80. The minimum atomic E-state index is -0.0505. The summed E-state index contributed by atoms with van der Waals surface area (Å²) in [6.45, 7) is 2.33. The van der Waals surface area contributed by atoms with Crippen LogP contribution in [-0.4, -0.2) is 22.4 Å². The number of hydrogen-bond acceptors (Lipinski definition) is 5. The van der Waals surface area contributed by atoms with Gasteiger partial charge in [0.1, 0.15) is 17.0 Å². The van der Waals surface area contributed by atoms with E-state index in [1.807, 2.05) is 35.6 Å². The number of fused-ring (bicyclic) bond motifs is 3. The van der Waals surface area contributed by atoms with E-state index in [0.717, 1.165) is 35.7 Å². The number of carbonyl (C=O) groups is 1. The van der Waals surface area contributed by atoms with Gasteiger partial charge >= 0.3 is 0 Å². The number of carbonyl (C=O) groups excluding carboxylic acids is 1. The molecule has 0 saturated heterocycles. The van der Waals surface area contributed by atoms with Crippen molar-refractivity contribution in [2.24, 2.45) is 0 Å². The number of anilines is 2. The molecule has 0 radical (unpaired) electrons. The van der Waals surface area contributed by atoms with Crippen LogP contribution in [0.3, 0.4) is 0 Å². The van der Waals surface area contributed by atoms with Crippen LogP contribution in [0.25, 0.3) is 10.2 Å². The first-order chi connectivity index (χ1) is 12.2. The van der Waals surface area contributed by atoms with Gasteiger partial charge in [0.05, 0.1) is 5.39 Å². The molecule has 6 heteroatoms. The van der Waals surface area contributed by atoms with Crippen molar-refractivity contribution in [1.82, 2.24) is 9.97 Å². The zero-order valence-electron chi connectivity index (χ0n) is 14.1. The third-order valence-corrected chi connectivity index (χ3v) is 5.68. The largest absolute Gasteiger partial charge is 0.369 e. The van der Waals surface area contributed by atoms with Crippen molar-refractivity contribution in [1.29, 1.82) is 0 Å². The maximum atomic E-state index is 11.1. The highest BCUT2D eigenvalue weighted by Gasteiger charge is 2.20. The molecule has 25 heavy (non-hydrogen) atoms. The molecule has 3 aromatic rings. The fraction of sp³-hybridized carbons (Fsp3) is 0.316. The molecule has 4 rings (SSSR count). The molecule has 2 heterocycles. The van der Waals surface area contributed by atoms with Gasteiger partial charge in [0, 0.05) is 24.0 Å². The van der Waals surface area contributed by atoms with E-state index in [2.05, 4.69) is 20.6 Å². The Balaban J connectivity index is 1.44. The number of nitrogens with zero attached hydrogens (tertiary/aromatic N) is 2. The minimum absolute atomic E-state index is 0.0505. The Kier molecular flexibility index (Phi) is 4.36. The van der Waals surface area contributed by atoms with Gasteiger partial charge in [-0.15, -0.1) is 11.3 Å². The fourth-order valence-corrected chi connectivity index (χ4v) is 4.57. The number of thiophene rings is 1. The Hall–Kier alpha value is -2.47. The quantitative estimate of drug-likeness (QED) is 0.733. The third kappa shape index (κ3) is 3.35. The summed E-state index contributed by atoms with van der Waals surface area (Å²) < 4.78 is 0. The van der Waals surface area contributed by atoms with Crippen molar-refractivity contribution >= 4 is 39.0 Å². The molecule has 5 nitrogen and oxygen atoms in total. The normalized spacial score (nSPS) is 13.0. The molecule has 0 saturated carbocycles. The van der Waals surface area contributed by atoms with Crippen LogP contribution in [0.15, 0.2) is 30.6 Å². The van der Waals surface area contributed by atoms with Crippen LogP contribution in [0.4, 0.5) is 11.5 Å². The smallest absolute Gasteiger partial charge is 0.221 e. The number of benzene rings is 1. The average Bonchev–Trinajstić information content (AvgIpc) is 3.17. The number of rotatable bonds is 5. The summed E-state index contributed by atoms with van der Waals surface area (Å²) in [7, 11) is 0. The zero-order chi connectivity index (χ0) is 17.2. The molecule has 0 fully saturated rings. The topological polar surface area (TPSA) is 66.9 Å². The molecule has 1 aromatic carbocycles. The standard InChI is InChI=1S/C19H20N4OS/c1-12(24)23-14-7-5-13(6-8-14)9-10-20-18-17-15-3-2-4-16(15)25-19(17)22-11-21-18/h5-8,11H,2-4,9-10H2,1H3,(H,23,24)(H,20,21,22). The van der Waals surface area contributed by atoms with Gasteiger partial charge in [-0.1, -0.05) is 12.1 Å². The van der Waals surface area contributed by atoms with Crippen molar-refractivity contribution in [3.63, 3.8) is 0 Å². The van der Waals surface area contributed by atoms with Crippen molar-refractivity contribution in [3.8, 4) is 0 Å². The molecule has 0 unspecified atom stereocenters. The van der Waals surface area contributed by atoms with Gasteiger partial charge in [-0.3, -0.25) is 4.79 Å². The second-order valence-corrected chi connectivity index (χ2v) is 7.40. The number of hydrogen-bond donors (Lipinski definition) is 2. The predicted octanol–water partition coefficient (Wildman–Crippen LogP) is 3.79. The lowest BCUT2D eigenvalue weighted by Gasteiger charge is -2.08. The Morgan fingerprint density at radius 3 is 2.84 bits per heavy atom. The molecule has 128 valence electrons. The monoisotopic (exact) mass is 352 g/mol. The fourth-order valence-electron chi connectivity index (χ4n) is 3.35. The van der Waals surface area contributed by atoms with Gasteiger partial charge < -0.3 is 10.6 Å². The van der Waals surface area contributed by atoms with Gasteiger partial charge in [0.2, 0.25) is 5.91 Å². The van der Waals surface area contributed by atoms with E-state index in [4.69, 9.17) is 0 Å². The highest BCUT2D eigenvalue weighted by Crippen LogP contribution is 2.38. The van der Waals surface area contributed by atoms with Crippen LogP contribution in [0, 0.1) is 0 Å². The molecule has 1 amide bonds. The summed E-state index contributed by atoms with van der Waals surface area (Å²) in [4.78, 5) is 22.5. The highest BCUT2D eigenvalue weighted by molar-refractivity contribution is 7.19. The minimum Gasteiger partial charge on any atom is -0.369 e. The van der Waals surface area contributed by atoms with Crippen molar-refractivity contribution in [2.45, 2.75) is 32.6 Å². The van der Waals surface area contributed by atoms with Crippen molar-refractivity contribution < 1.29 is 4.79 Å². The van der Waals surface area contributed by atoms with E-state index < -0.39 is 0 Å². The lowest BCUT2D eigenvalue weighted by atomic mass is 10.1. The van der Waals surface area contributed by atoms with Crippen molar-refractivity contribution in [2.75, 3.05) is 17.2 Å². The number of aryl methyl sites for hydroxylation is 2. The van der Waals surface area contributed by atoms with Crippen LogP contribution in [0.2, 0.25) is 0 Å². The summed E-state index contributed by atoms with van der Waals surface area (Å²) in [5, 5.41) is 7.49. The Morgan fingerprint density at radius 2 is 2.04 bits per heavy atom. The van der Waals surface area contributed by atoms with E-state index in [0.29, 0.717) is 0 Å². The predicted molar refractivity (Wildman–Crippen MR) is 102 cm³/mol. The molecular formula is C19H20N4OS. The van der Waals surface area contributed by atoms with E-state index in [9.17, 15) is 4.79 Å². The molecule has 1 aliphatic carbocycles. The Labute approximate surface area is 150 Å². The first-order valence-electron chi connectivity index (χ1n) is 8.56. The van der Waals surface area contributed by atoms with E-state index in [1.165, 1.54) is 41.2 Å². The molecule has 2 N–H and O–H groups in total. The van der Waals surface area contributed by atoms with Crippen LogP contribution < -0.4 is 10.6 Å². The summed E-state index contributed by atoms with van der Waals surface area (Å²) in [6.07, 6.45) is 6.11. The molecule has 1 aliphatic rings. The molecule has 0 spiro atoms. The van der Waals surface area contributed by atoms with Crippen molar-refractivity contribution in [3.05, 3.63) is 46.6 Å². The second-order valence-electron chi connectivity index (χ2n) is 6.31. The van der Waals surface area contributed by atoms with E-state index in [-0.39, 0.29) is 5.91 Å². The molecule has 0 bridgehead atoms. The molecule has 2 aromatic heterocycles. The molecule has 0 aliphatic heterocycles. The SMILES string of the molecule is CC(=O)Nc1ccc(CCNc2ncnc3sc4c(c23)CCC4)cc1. The van der Waals surface area contributed by atoms with Crippen LogP contribution in [0.5, 0.6) is 0 Å². The van der Waals surface area contributed by atoms with Gasteiger partial charge in [-0.2, -0.15) is 0 Å². The summed E-state index contributed by atoms with van der Waals surface area (Å²) in [5.41, 5.74) is 3.50. The molecule has 0 atom stereocenters. The van der Waals surface area contributed by atoms with E-state index in [1.54, 1.807) is 6.33 Å². The van der Waals surface area contributed by atoms with Crippen LogP contribution in [-0.2, 0) is 24.1 Å².